The number of ether oxygens (including phenoxy) is 1. The van der Waals surface area contributed by atoms with Crippen molar-refractivity contribution in [3.63, 3.8) is 0 Å². The van der Waals surface area contributed by atoms with Crippen LogP contribution in [0.1, 0.15) is 26.2 Å². The second kappa shape index (κ2) is 6.22. The highest BCUT2D eigenvalue weighted by Crippen LogP contribution is 2.44. The molecule has 1 unspecified atom stereocenters. The highest BCUT2D eigenvalue weighted by Gasteiger charge is 2.49. The van der Waals surface area contributed by atoms with Crippen LogP contribution in [0.4, 0.5) is 0 Å². The minimum Gasteiger partial charge on any atom is -0.377 e. The molecule has 2 aromatic rings. The zero-order valence-electron chi connectivity index (χ0n) is 14.4. The topological polar surface area (TPSA) is 77.3 Å². The summed E-state index contributed by atoms with van der Waals surface area (Å²) in [6.45, 7) is 4.14. The van der Waals surface area contributed by atoms with Gasteiger partial charge in [0.15, 0.2) is 0 Å². The number of aryl methyl sites for hydroxylation is 1. The smallest absolute Gasteiger partial charge is 0.277 e. The van der Waals surface area contributed by atoms with E-state index in [0.29, 0.717) is 36.6 Å². The quantitative estimate of drug-likeness (QED) is 0.835. The second-order valence-electron chi connectivity index (χ2n) is 7.11. The summed E-state index contributed by atoms with van der Waals surface area (Å²) in [5.74, 6) is 0.583. The van der Waals surface area contributed by atoms with Crippen LogP contribution in [0.15, 0.2) is 29.1 Å². The average molecular weight is 342 g/mol. The van der Waals surface area contributed by atoms with Gasteiger partial charge in [0.2, 0.25) is 5.91 Å². The van der Waals surface area contributed by atoms with E-state index in [1.165, 1.54) is 4.68 Å². The molecule has 4 rings (SSSR count). The van der Waals surface area contributed by atoms with Crippen LogP contribution in [0.5, 0.6) is 0 Å². The van der Waals surface area contributed by atoms with Crippen molar-refractivity contribution in [2.45, 2.75) is 38.3 Å². The first kappa shape index (κ1) is 16.2. The molecule has 0 radical (unpaired) electrons. The molecule has 2 fully saturated rings. The molecule has 1 aliphatic carbocycles. The van der Waals surface area contributed by atoms with Crippen LogP contribution in [0.2, 0.25) is 0 Å². The summed E-state index contributed by atoms with van der Waals surface area (Å²) < 4.78 is 6.91. The maximum atomic E-state index is 12.8. The number of aromatic nitrogens is 3. The molecule has 2 heterocycles. The molecule has 0 N–H and O–H groups in total. The molecule has 0 spiro atoms. The molecule has 132 valence electrons. The number of morpholine rings is 1. The first-order chi connectivity index (χ1) is 12.1. The number of benzene rings is 1. The van der Waals surface area contributed by atoms with Crippen molar-refractivity contribution in [1.82, 2.24) is 19.9 Å². The van der Waals surface area contributed by atoms with Gasteiger partial charge in [-0.1, -0.05) is 17.3 Å². The maximum absolute atomic E-state index is 12.8. The van der Waals surface area contributed by atoms with Gasteiger partial charge in [-0.2, -0.15) is 0 Å². The van der Waals surface area contributed by atoms with E-state index < -0.39 is 0 Å². The summed E-state index contributed by atoms with van der Waals surface area (Å²) in [6.07, 6.45) is 2.55. The molecule has 1 aromatic heterocycles. The van der Waals surface area contributed by atoms with Gasteiger partial charge in [0, 0.05) is 13.0 Å². The number of nitrogens with zero attached hydrogens (tertiary/aromatic N) is 4. The number of carbonyl (C=O) groups excluding carboxylic acids is 1. The second-order valence-corrected chi connectivity index (χ2v) is 7.11. The molecule has 0 bridgehead atoms. The number of hydrogen-bond acceptors (Lipinski definition) is 5. The van der Waals surface area contributed by atoms with E-state index in [2.05, 4.69) is 17.2 Å². The van der Waals surface area contributed by atoms with E-state index in [9.17, 15) is 9.59 Å². The molecule has 1 aromatic carbocycles. The Labute approximate surface area is 145 Å². The van der Waals surface area contributed by atoms with Crippen molar-refractivity contribution in [2.24, 2.45) is 5.92 Å². The van der Waals surface area contributed by atoms with Crippen LogP contribution < -0.4 is 5.56 Å². The number of amides is 1. The zero-order valence-corrected chi connectivity index (χ0v) is 14.4. The predicted octanol–water partition coefficient (Wildman–Crippen LogP) is 1.21. The summed E-state index contributed by atoms with van der Waals surface area (Å²) in [7, 11) is 0. The predicted molar refractivity (Wildman–Crippen MR) is 92.1 cm³/mol. The van der Waals surface area contributed by atoms with Crippen LogP contribution in [0.3, 0.4) is 0 Å². The molecule has 1 aliphatic heterocycles. The number of fused-ring (bicyclic) bond motifs is 1. The van der Waals surface area contributed by atoms with Gasteiger partial charge < -0.3 is 9.64 Å². The van der Waals surface area contributed by atoms with Crippen LogP contribution in [0.25, 0.3) is 10.9 Å². The van der Waals surface area contributed by atoms with Crippen LogP contribution >= 0.6 is 0 Å². The lowest BCUT2D eigenvalue weighted by molar-refractivity contribution is -0.150. The van der Waals surface area contributed by atoms with Gasteiger partial charge in [-0.3, -0.25) is 9.59 Å². The van der Waals surface area contributed by atoms with E-state index in [1.54, 1.807) is 18.2 Å². The minimum absolute atomic E-state index is 0.0551. The fourth-order valence-corrected chi connectivity index (χ4v) is 3.73. The highest BCUT2D eigenvalue weighted by molar-refractivity contribution is 5.78. The van der Waals surface area contributed by atoms with Gasteiger partial charge >= 0.3 is 0 Å². The number of carbonyl (C=O) groups is 1. The van der Waals surface area contributed by atoms with Crippen LogP contribution in [-0.4, -0.2) is 51.1 Å². The first-order valence-corrected chi connectivity index (χ1v) is 8.80. The number of rotatable bonds is 4. The maximum Gasteiger partial charge on any atom is 0.277 e. The third kappa shape index (κ3) is 2.93. The van der Waals surface area contributed by atoms with Crippen molar-refractivity contribution in [2.75, 3.05) is 19.8 Å². The Morgan fingerprint density at radius 3 is 2.96 bits per heavy atom. The minimum atomic E-state index is -0.213. The van der Waals surface area contributed by atoms with Gasteiger partial charge in [-0.25, -0.2) is 4.68 Å². The molecule has 1 atom stereocenters. The van der Waals surface area contributed by atoms with Crippen molar-refractivity contribution in [3.8, 4) is 0 Å². The molecular weight excluding hydrogens is 320 g/mol. The van der Waals surface area contributed by atoms with Crippen molar-refractivity contribution in [3.05, 3.63) is 34.6 Å². The molecule has 1 amide bonds. The van der Waals surface area contributed by atoms with E-state index >= 15 is 0 Å². The van der Waals surface area contributed by atoms with Gasteiger partial charge in [0.1, 0.15) is 5.52 Å². The summed E-state index contributed by atoms with van der Waals surface area (Å²) in [4.78, 5) is 27.2. The largest absolute Gasteiger partial charge is 0.377 e. The summed E-state index contributed by atoms with van der Waals surface area (Å²) in [5.41, 5.74) is 0.157. The Kier molecular flexibility index (Phi) is 4.03. The Hall–Kier alpha value is -2.28. The van der Waals surface area contributed by atoms with Crippen molar-refractivity contribution in [1.29, 1.82) is 0 Å². The SMILES string of the molecule is CC1(C2CC2)COCCN1C(=O)CCn1nnc2ccccc2c1=O. The Bertz CT molecular complexity index is 861. The molecule has 25 heavy (non-hydrogen) atoms. The summed E-state index contributed by atoms with van der Waals surface area (Å²) in [6, 6.07) is 7.11. The number of hydrogen-bond donors (Lipinski definition) is 0. The van der Waals surface area contributed by atoms with Crippen molar-refractivity contribution < 1.29 is 9.53 Å². The molecule has 2 aliphatic rings. The Morgan fingerprint density at radius 2 is 2.16 bits per heavy atom. The van der Waals surface area contributed by atoms with Crippen LogP contribution in [-0.2, 0) is 16.1 Å². The van der Waals surface area contributed by atoms with E-state index in [4.69, 9.17) is 4.74 Å². The Balaban J connectivity index is 1.50. The third-order valence-electron chi connectivity index (χ3n) is 5.39. The average Bonchev–Trinajstić information content (AvgIpc) is 3.47. The summed E-state index contributed by atoms with van der Waals surface area (Å²) in [5, 5.41) is 8.56. The van der Waals surface area contributed by atoms with E-state index in [-0.39, 0.29) is 30.0 Å². The highest BCUT2D eigenvalue weighted by atomic mass is 16.5. The monoisotopic (exact) mass is 342 g/mol. The fourth-order valence-electron chi connectivity index (χ4n) is 3.73. The van der Waals surface area contributed by atoms with Crippen LogP contribution in [0, 0.1) is 5.92 Å². The van der Waals surface area contributed by atoms with Gasteiger partial charge in [-0.15, -0.1) is 5.10 Å². The van der Waals surface area contributed by atoms with E-state index in [0.717, 1.165) is 12.8 Å². The lowest BCUT2D eigenvalue weighted by Crippen LogP contribution is -2.58. The van der Waals surface area contributed by atoms with Crippen molar-refractivity contribution >= 4 is 16.8 Å². The summed E-state index contributed by atoms with van der Waals surface area (Å²) >= 11 is 0. The fraction of sp³-hybridized carbons (Fsp3) is 0.556. The molecule has 7 heteroatoms. The van der Waals surface area contributed by atoms with Gasteiger partial charge in [-0.05, 0) is 37.8 Å². The molecule has 1 saturated carbocycles. The first-order valence-electron chi connectivity index (χ1n) is 8.80. The van der Waals surface area contributed by atoms with Gasteiger partial charge in [0.05, 0.1) is 30.7 Å². The lowest BCUT2D eigenvalue weighted by Gasteiger charge is -2.45. The zero-order chi connectivity index (χ0) is 17.4. The lowest BCUT2D eigenvalue weighted by atomic mass is 9.92. The third-order valence-corrected chi connectivity index (χ3v) is 5.39. The normalized spacial score (nSPS) is 23.8. The molecule has 7 nitrogen and oxygen atoms in total. The van der Waals surface area contributed by atoms with Gasteiger partial charge in [0.25, 0.3) is 5.56 Å². The molecular formula is C18H22N4O3. The van der Waals surface area contributed by atoms with E-state index in [1.807, 2.05) is 11.0 Å². The molecule has 1 saturated heterocycles. The standard InChI is InChI=1S/C18H22N4O3/c1-18(13-6-7-13)12-25-11-10-21(18)16(23)8-9-22-17(24)14-4-2-3-5-15(14)19-20-22/h2-5,13H,6-12H2,1H3. The Morgan fingerprint density at radius 1 is 1.36 bits per heavy atom.